The molecule has 23 heteroatoms. The van der Waals surface area contributed by atoms with Gasteiger partial charge in [0, 0.05) is 13.2 Å². The number of carbonyl (C=O) groups is 1. The van der Waals surface area contributed by atoms with Crippen molar-refractivity contribution in [2.24, 2.45) is 0 Å². The molecule has 0 radical (unpaired) electrons. The number of esters is 1. The predicted octanol–water partition coefficient (Wildman–Crippen LogP) is 5.68. The number of alkyl halides is 17. The molecule has 0 bridgehead atoms. The van der Waals surface area contributed by atoms with Gasteiger partial charge in [-0.3, -0.25) is 4.31 Å². The molecule has 226 valence electrons. The monoisotopic (exact) mass is 625 g/mol. The van der Waals surface area contributed by atoms with Gasteiger partial charge in [-0.1, -0.05) is 0 Å². The third kappa shape index (κ3) is 4.82. The molecule has 0 aromatic carbocycles. The normalized spacial score (nSPS) is 15.9. The number of halogens is 17. The number of rotatable bonds is 11. The molecule has 0 fully saturated rings. The molecule has 0 saturated heterocycles. The summed E-state index contributed by atoms with van der Waals surface area (Å²) in [5.74, 6) is -53.6. The van der Waals surface area contributed by atoms with Crippen molar-refractivity contribution in [2.45, 2.75) is 60.8 Å². The van der Waals surface area contributed by atoms with Gasteiger partial charge in [0.1, 0.15) is 0 Å². The third-order valence-electron chi connectivity index (χ3n) is 4.37. The highest BCUT2D eigenvalue weighted by Crippen LogP contribution is 2.64. The third-order valence-corrected chi connectivity index (χ3v) is 6.14. The Kier molecular flexibility index (Phi) is 9.18. The lowest BCUT2D eigenvalue weighted by atomic mass is 9.91. The first kappa shape index (κ1) is 35.8. The summed E-state index contributed by atoms with van der Waals surface area (Å²) in [5.41, 5.74) is -1.07. The summed E-state index contributed by atoms with van der Waals surface area (Å²) in [5, 5.41) is -7.72. The molecule has 0 aromatic heterocycles. The molecule has 0 heterocycles. The minimum atomic E-state index is -8.92. The van der Waals surface area contributed by atoms with E-state index in [0.29, 0.717) is 6.92 Å². The van der Waals surface area contributed by atoms with E-state index in [4.69, 9.17) is 0 Å². The first-order valence-electron chi connectivity index (χ1n) is 8.83. The van der Waals surface area contributed by atoms with E-state index in [1.165, 1.54) is 0 Å². The molecule has 0 spiro atoms. The molecule has 0 unspecified atom stereocenters. The standard InChI is InChI=1S/C15H12F17NO4S/c1-4-37-7(34)6(2)5-33(3)38(35,36)15(31,32)13(26,27)11(22,23)9(18,19)8(16,17)10(20,21)12(24,25)14(28,29)30/h5H,4H2,1-3H3. The maximum atomic E-state index is 14.1. The zero-order valence-electron chi connectivity index (χ0n) is 18.2. The smallest absolute Gasteiger partial charge is 0.460 e. The van der Waals surface area contributed by atoms with E-state index in [2.05, 4.69) is 4.74 Å². The van der Waals surface area contributed by atoms with Crippen LogP contribution in [0.25, 0.3) is 0 Å². The summed E-state index contributed by atoms with van der Waals surface area (Å²) in [7, 11) is -7.75. The van der Waals surface area contributed by atoms with Crippen LogP contribution in [0.3, 0.4) is 0 Å². The van der Waals surface area contributed by atoms with Crippen LogP contribution in [0.15, 0.2) is 11.8 Å². The van der Waals surface area contributed by atoms with Crippen molar-refractivity contribution in [2.75, 3.05) is 13.7 Å². The van der Waals surface area contributed by atoms with Gasteiger partial charge in [-0.05, 0) is 13.8 Å². The summed E-state index contributed by atoms with van der Waals surface area (Å²) in [6.07, 6.45) is -8.27. The number of carbonyl (C=O) groups excluding carboxylic acids is 1. The molecule has 0 aromatic rings. The Morgan fingerprint density at radius 3 is 1.32 bits per heavy atom. The summed E-state index contributed by atoms with van der Waals surface area (Å²) in [6.45, 7) is 1.20. The van der Waals surface area contributed by atoms with Gasteiger partial charge in [0.2, 0.25) is 0 Å². The summed E-state index contributed by atoms with van der Waals surface area (Å²) >= 11 is 0. The van der Waals surface area contributed by atoms with Crippen molar-refractivity contribution in [1.29, 1.82) is 0 Å². The van der Waals surface area contributed by atoms with Crippen LogP contribution in [-0.2, 0) is 19.6 Å². The average Bonchev–Trinajstić information content (AvgIpc) is 2.71. The number of ether oxygens (including phenoxy) is 1. The fraction of sp³-hybridized carbons (Fsp3) is 0.800. The van der Waals surface area contributed by atoms with Crippen molar-refractivity contribution in [3.8, 4) is 0 Å². The SMILES string of the molecule is CCOC(=O)C(C)=CN(C)S(=O)(=O)C(F)(F)C(F)(F)C(F)(F)C(F)(F)C(F)(F)C(F)(F)C(F)(F)C(F)(F)F. The summed E-state index contributed by atoms with van der Waals surface area (Å²) in [6, 6.07) is 0. The van der Waals surface area contributed by atoms with Gasteiger partial charge in [-0.25, -0.2) is 4.79 Å². The van der Waals surface area contributed by atoms with E-state index >= 15 is 0 Å². The summed E-state index contributed by atoms with van der Waals surface area (Å²) in [4.78, 5) is 11.3. The minimum absolute atomic E-state index is 0.231. The lowest BCUT2D eigenvalue weighted by molar-refractivity contribution is -0.458. The van der Waals surface area contributed by atoms with Crippen molar-refractivity contribution in [3.05, 3.63) is 11.8 Å². The quantitative estimate of drug-likeness (QED) is 0.169. The molecule has 0 aliphatic rings. The molecular formula is C15H12F17NO4S. The van der Waals surface area contributed by atoms with E-state index in [9.17, 15) is 87.8 Å². The lowest BCUT2D eigenvalue weighted by Crippen LogP contribution is -2.75. The van der Waals surface area contributed by atoms with Gasteiger partial charge in [0.15, 0.2) is 0 Å². The van der Waals surface area contributed by atoms with Crippen LogP contribution >= 0.6 is 0 Å². The van der Waals surface area contributed by atoms with E-state index < -0.39 is 79.4 Å². The van der Waals surface area contributed by atoms with Crippen LogP contribution in [0.5, 0.6) is 0 Å². The van der Waals surface area contributed by atoms with Gasteiger partial charge in [-0.2, -0.15) is 83.1 Å². The van der Waals surface area contributed by atoms with Gasteiger partial charge in [0.05, 0.1) is 12.2 Å². The fourth-order valence-electron chi connectivity index (χ4n) is 2.13. The molecule has 38 heavy (non-hydrogen) atoms. The maximum Gasteiger partial charge on any atom is 0.460 e. The first-order valence-corrected chi connectivity index (χ1v) is 10.3. The van der Waals surface area contributed by atoms with Crippen LogP contribution in [0.4, 0.5) is 74.6 Å². The van der Waals surface area contributed by atoms with Crippen LogP contribution < -0.4 is 0 Å². The second-order valence-electron chi connectivity index (χ2n) is 7.01. The minimum Gasteiger partial charge on any atom is -0.463 e. The molecule has 0 saturated carbocycles. The first-order chi connectivity index (χ1) is 16.3. The van der Waals surface area contributed by atoms with Crippen LogP contribution in [-0.4, -0.2) is 79.3 Å². The van der Waals surface area contributed by atoms with E-state index in [1.807, 2.05) is 0 Å². The average molecular weight is 625 g/mol. The van der Waals surface area contributed by atoms with E-state index in [1.54, 1.807) is 0 Å². The Morgan fingerprint density at radius 2 is 1.00 bits per heavy atom. The largest absolute Gasteiger partial charge is 0.463 e. The van der Waals surface area contributed by atoms with Gasteiger partial charge >= 0.3 is 63.0 Å². The molecule has 0 amide bonds. The molecule has 0 aliphatic carbocycles. The Balaban J connectivity index is 6.98. The van der Waals surface area contributed by atoms with Crippen molar-refractivity contribution < 1.29 is 92.6 Å². The van der Waals surface area contributed by atoms with Crippen molar-refractivity contribution >= 4 is 16.0 Å². The number of sulfonamides is 1. The van der Waals surface area contributed by atoms with Crippen molar-refractivity contribution in [3.63, 3.8) is 0 Å². The Morgan fingerprint density at radius 1 is 0.684 bits per heavy atom. The van der Waals surface area contributed by atoms with Crippen LogP contribution in [0, 0.1) is 0 Å². The zero-order valence-corrected chi connectivity index (χ0v) is 19.0. The molecule has 0 rings (SSSR count). The van der Waals surface area contributed by atoms with Crippen molar-refractivity contribution in [1.82, 2.24) is 4.31 Å². The second kappa shape index (κ2) is 9.75. The Bertz CT molecular complexity index is 1030. The highest BCUT2D eigenvalue weighted by Gasteiger charge is 2.96. The number of hydrogen-bond acceptors (Lipinski definition) is 4. The highest BCUT2D eigenvalue weighted by atomic mass is 32.2. The van der Waals surface area contributed by atoms with Gasteiger partial charge in [-0.15, -0.1) is 0 Å². The molecule has 5 nitrogen and oxygen atoms in total. The predicted molar refractivity (Wildman–Crippen MR) is 87.8 cm³/mol. The lowest BCUT2D eigenvalue weighted by Gasteiger charge is -2.42. The number of nitrogens with zero attached hydrogens (tertiary/aromatic N) is 1. The molecular weight excluding hydrogens is 613 g/mol. The molecule has 0 N–H and O–H groups in total. The maximum absolute atomic E-state index is 14.1. The second-order valence-corrected chi connectivity index (χ2v) is 9.05. The highest BCUT2D eigenvalue weighted by molar-refractivity contribution is 7.90. The van der Waals surface area contributed by atoms with Crippen LogP contribution in [0.2, 0.25) is 0 Å². The Hall–Kier alpha value is -2.23. The van der Waals surface area contributed by atoms with E-state index in [0.717, 1.165) is 6.92 Å². The summed E-state index contributed by atoms with van der Waals surface area (Å²) < 4.78 is 252. The molecule has 0 atom stereocenters. The van der Waals surface area contributed by atoms with Gasteiger partial charge in [0.25, 0.3) is 0 Å². The van der Waals surface area contributed by atoms with E-state index in [-0.39, 0.29) is 13.2 Å². The Labute approximate surface area is 200 Å². The topological polar surface area (TPSA) is 63.7 Å². The van der Waals surface area contributed by atoms with Gasteiger partial charge < -0.3 is 4.74 Å². The van der Waals surface area contributed by atoms with Crippen LogP contribution in [0.1, 0.15) is 13.8 Å². The fourth-order valence-corrected chi connectivity index (χ4v) is 3.24. The number of hydrogen-bond donors (Lipinski definition) is 0. The molecule has 0 aliphatic heterocycles. The zero-order chi connectivity index (χ0) is 31.4.